The van der Waals surface area contributed by atoms with Crippen molar-refractivity contribution >= 4 is 11.9 Å². The zero-order valence-electron chi connectivity index (χ0n) is 14.1. The number of aromatic nitrogens is 2. The first kappa shape index (κ1) is 17.2. The summed E-state index contributed by atoms with van der Waals surface area (Å²) in [7, 11) is 0. The van der Waals surface area contributed by atoms with Crippen LogP contribution in [0, 0.1) is 6.92 Å². The van der Waals surface area contributed by atoms with Crippen LogP contribution in [0.25, 0.3) is 5.69 Å². The smallest absolute Gasteiger partial charge is 0.305 e. The van der Waals surface area contributed by atoms with Gasteiger partial charge < -0.3 is 15.2 Å². The molecule has 25 heavy (non-hydrogen) atoms. The number of rotatable bonds is 5. The van der Waals surface area contributed by atoms with Gasteiger partial charge in [-0.1, -0.05) is 18.2 Å². The van der Waals surface area contributed by atoms with Gasteiger partial charge in [0, 0.05) is 13.2 Å². The normalized spacial score (nSPS) is 16.4. The van der Waals surface area contributed by atoms with Gasteiger partial charge in [-0.25, -0.2) is 4.68 Å². The number of amides is 1. The van der Waals surface area contributed by atoms with E-state index in [4.69, 9.17) is 4.74 Å². The molecule has 0 bridgehead atoms. The first-order chi connectivity index (χ1) is 12.0. The number of nitrogens with zero attached hydrogens (tertiary/aromatic N) is 2. The molecule has 1 aromatic carbocycles. The van der Waals surface area contributed by atoms with Gasteiger partial charge in [0.05, 0.1) is 35.1 Å². The monoisotopic (exact) mass is 343 g/mol. The fraction of sp³-hybridized carbons (Fsp3) is 0.389. The number of hydrogen-bond donors (Lipinski definition) is 2. The standard InChI is InChI=1S/C18H21N3O4/c1-13-15(12-19-21(13)14-5-3-2-4-6-14)17(24)20-18(11-16(22)23)7-9-25-10-8-18/h2-6,12H,7-11H2,1H3,(H,20,24)(H,22,23). The molecule has 7 heteroatoms. The average Bonchev–Trinajstić information content (AvgIpc) is 2.97. The van der Waals surface area contributed by atoms with E-state index in [0.717, 1.165) is 5.69 Å². The number of carboxylic acids is 1. The number of hydrogen-bond acceptors (Lipinski definition) is 4. The van der Waals surface area contributed by atoms with Gasteiger partial charge in [-0.15, -0.1) is 0 Å². The Labute approximate surface area is 145 Å². The third-order valence-electron chi connectivity index (χ3n) is 4.57. The second-order valence-electron chi connectivity index (χ2n) is 6.31. The SMILES string of the molecule is Cc1c(C(=O)NC2(CC(=O)O)CCOCC2)cnn1-c1ccccc1. The summed E-state index contributed by atoms with van der Waals surface area (Å²) in [6, 6.07) is 9.54. The summed E-state index contributed by atoms with van der Waals surface area (Å²) in [5.41, 5.74) is 1.24. The van der Waals surface area contributed by atoms with Crippen LogP contribution in [-0.4, -0.2) is 45.5 Å². The number of ether oxygens (including phenoxy) is 1. The van der Waals surface area contributed by atoms with E-state index in [9.17, 15) is 14.7 Å². The summed E-state index contributed by atoms with van der Waals surface area (Å²) in [4.78, 5) is 24.0. The Morgan fingerprint density at radius 3 is 2.60 bits per heavy atom. The van der Waals surface area contributed by atoms with E-state index in [-0.39, 0.29) is 12.3 Å². The van der Waals surface area contributed by atoms with Gasteiger partial charge in [-0.3, -0.25) is 9.59 Å². The molecule has 3 rings (SSSR count). The Morgan fingerprint density at radius 2 is 1.96 bits per heavy atom. The van der Waals surface area contributed by atoms with Crippen LogP contribution in [0.2, 0.25) is 0 Å². The molecular formula is C18H21N3O4. The highest BCUT2D eigenvalue weighted by Crippen LogP contribution is 2.26. The molecule has 1 aliphatic heterocycles. The van der Waals surface area contributed by atoms with Crippen molar-refractivity contribution in [2.75, 3.05) is 13.2 Å². The van der Waals surface area contributed by atoms with E-state index >= 15 is 0 Å². The molecular weight excluding hydrogens is 322 g/mol. The molecule has 0 atom stereocenters. The second-order valence-corrected chi connectivity index (χ2v) is 6.31. The number of carbonyl (C=O) groups excluding carboxylic acids is 1. The minimum Gasteiger partial charge on any atom is -0.481 e. The Morgan fingerprint density at radius 1 is 1.28 bits per heavy atom. The van der Waals surface area contributed by atoms with Gasteiger partial charge in [0.2, 0.25) is 0 Å². The van der Waals surface area contributed by atoms with Crippen LogP contribution in [-0.2, 0) is 9.53 Å². The molecule has 0 spiro atoms. The van der Waals surface area contributed by atoms with Crippen LogP contribution in [0.1, 0.15) is 35.3 Å². The van der Waals surface area contributed by atoms with Crippen LogP contribution < -0.4 is 5.32 Å². The topological polar surface area (TPSA) is 93.5 Å². The lowest BCUT2D eigenvalue weighted by Crippen LogP contribution is -2.53. The molecule has 1 amide bonds. The lowest BCUT2D eigenvalue weighted by Gasteiger charge is -2.36. The Bertz CT molecular complexity index is 764. The number of carbonyl (C=O) groups is 2. The van der Waals surface area contributed by atoms with E-state index in [1.165, 1.54) is 6.20 Å². The highest BCUT2D eigenvalue weighted by atomic mass is 16.5. The maximum atomic E-state index is 12.8. The predicted octanol–water partition coefficient (Wildman–Crippen LogP) is 1.93. The van der Waals surface area contributed by atoms with Crippen molar-refractivity contribution in [1.82, 2.24) is 15.1 Å². The van der Waals surface area contributed by atoms with Gasteiger partial charge in [0.1, 0.15) is 0 Å². The molecule has 2 N–H and O–H groups in total. The highest BCUT2D eigenvalue weighted by molar-refractivity contribution is 5.96. The number of aliphatic carboxylic acids is 1. The van der Waals surface area contributed by atoms with Crippen molar-refractivity contribution in [3.63, 3.8) is 0 Å². The molecule has 1 saturated heterocycles. The number of para-hydroxylation sites is 1. The fourth-order valence-corrected chi connectivity index (χ4v) is 3.17. The van der Waals surface area contributed by atoms with Crippen molar-refractivity contribution in [3.05, 3.63) is 47.8 Å². The summed E-state index contributed by atoms with van der Waals surface area (Å²) in [6.07, 6.45) is 2.37. The van der Waals surface area contributed by atoms with Crippen LogP contribution in [0.3, 0.4) is 0 Å². The van der Waals surface area contributed by atoms with Crippen molar-refractivity contribution in [3.8, 4) is 5.69 Å². The Balaban J connectivity index is 1.83. The van der Waals surface area contributed by atoms with Gasteiger partial charge >= 0.3 is 5.97 Å². The summed E-state index contributed by atoms with van der Waals surface area (Å²) in [5.74, 6) is -1.23. The van der Waals surface area contributed by atoms with Gasteiger partial charge in [0.15, 0.2) is 0 Å². The van der Waals surface area contributed by atoms with E-state index in [2.05, 4.69) is 10.4 Å². The lowest BCUT2D eigenvalue weighted by atomic mass is 9.86. The predicted molar refractivity (Wildman–Crippen MR) is 90.8 cm³/mol. The minimum absolute atomic E-state index is 0.117. The summed E-state index contributed by atoms with van der Waals surface area (Å²) >= 11 is 0. The second kappa shape index (κ2) is 7.06. The summed E-state index contributed by atoms with van der Waals surface area (Å²) in [5, 5.41) is 16.4. The third-order valence-corrected chi connectivity index (χ3v) is 4.57. The molecule has 0 unspecified atom stereocenters. The van der Waals surface area contributed by atoms with Crippen LogP contribution in [0.15, 0.2) is 36.5 Å². The van der Waals surface area contributed by atoms with E-state index in [0.29, 0.717) is 37.3 Å². The molecule has 2 heterocycles. The van der Waals surface area contributed by atoms with Crippen molar-refractivity contribution < 1.29 is 19.4 Å². The van der Waals surface area contributed by atoms with E-state index in [1.54, 1.807) is 4.68 Å². The molecule has 1 aromatic heterocycles. The van der Waals surface area contributed by atoms with E-state index in [1.807, 2.05) is 37.3 Å². The van der Waals surface area contributed by atoms with Crippen LogP contribution >= 0.6 is 0 Å². The lowest BCUT2D eigenvalue weighted by molar-refractivity contribution is -0.139. The van der Waals surface area contributed by atoms with Gasteiger partial charge in [0.25, 0.3) is 5.91 Å². The number of nitrogens with one attached hydrogen (secondary N) is 1. The largest absolute Gasteiger partial charge is 0.481 e. The first-order valence-electron chi connectivity index (χ1n) is 8.23. The third kappa shape index (κ3) is 3.71. The summed E-state index contributed by atoms with van der Waals surface area (Å²) < 4.78 is 7.02. The van der Waals surface area contributed by atoms with Crippen molar-refractivity contribution in [1.29, 1.82) is 0 Å². The molecule has 1 fully saturated rings. The maximum absolute atomic E-state index is 12.8. The Kier molecular flexibility index (Phi) is 4.85. The van der Waals surface area contributed by atoms with Gasteiger partial charge in [-0.2, -0.15) is 5.10 Å². The zero-order valence-corrected chi connectivity index (χ0v) is 14.1. The number of carboxylic acid groups (broad SMARTS) is 1. The van der Waals surface area contributed by atoms with Crippen molar-refractivity contribution in [2.45, 2.75) is 31.7 Å². The van der Waals surface area contributed by atoms with Crippen LogP contribution in [0.5, 0.6) is 0 Å². The molecule has 0 radical (unpaired) electrons. The molecule has 7 nitrogen and oxygen atoms in total. The maximum Gasteiger partial charge on any atom is 0.305 e. The Hall–Kier alpha value is -2.67. The quantitative estimate of drug-likeness (QED) is 0.865. The highest BCUT2D eigenvalue weighted by Gasteiger charge is 2.37. The molecule has 2 aromatic rings. The number of benzene rings is 1. The average molecular weight is 343 g/mol. The molecule has 1 aliphatic rings. The van der Waals surface area contributed by atoms with Crippen LogP contribution in [0.4, 0.5) is 0 Å². The fourth-order valence-electron chi connectivity index (χ4n) is 3.17. The molecule has 0 aliphatic carbocycles. The van der Waals surface area contributed by atoms with E-state index < -0.39 is 11.5 Å². The molecule has 132 valence electrons. The zero-order chi connectivity index (χ0) is 17.9. The first-order valence-corrected chi connectivity index (χ1v) is 8.23. The van der Waals surface area contributed by atoms with Gasteiger partial charge in [-0.05, 0) is 31.9 Å². The molecule has 0 saturated carbocycles. The van der Waals surface area contributed by atoms with Crippen molar-refractivity contribution in [2.24, 2.45) is 0 Å². The minimum atomic E-state index is -0.932. The summed E-state index contributed by atoms with van der Waals surface area (Å²) in [6.45, 7) is 2.70.